The molecule has 0 spiro atoms. The molecule has 1 heterocycles. The maximum atomic E-state index is 11.6. The Bertz CT molecular complexity index is 499. The van der Waals surface area contributed by atoms with E-state index in [1.54, 1.807) is 24.0 Å². The maximum Gasteiger partial charge on any atom is 0.156 e. The van der Waals surface area contributed by atoms with E-state index in [1.165, 1.54) is 6.08 Å². The Hall–Kier alpha value is -1.42. The molecule has 1 aliphatic rings. The highest BCUT2D eigenvalue weighted by molar-refractivity contribution is 5.92. The zero-order valence-corrected chi connectivity index (χ0v) is 10.7. The van der Waals surface area contributed by atoms with Crippen LogP contribution in [0.4, 0.5) is 0 Å². The first-order valence-corrected chi connectivity index (χ1v) is 5.70. The molecule has 0 bridgehead atoms. The Balaban J connectivity index is 2.66. The number of ketones is 1. The lowest BCUT2D eigenvalue weighted by molar-refractivity contribution is -0.125. The first-order valence-electron chi connectivity index (χ1n) is 5.70. The molecule has 17 heavy (non-hydrogen) atoms. The summed E-state index contributed by atoms with van der Waals surface area (Å²) in [5.41, 5.74) is -0.255. The zero-order chi connectivity index (χ0) is 12.8. The Morgan fingerprint density at radius 3 is 2.59 bits per heavy atom. The fraction of sp³-hybridized carbons (Fsp3) is 0.538. The van der Waals surface area contributed by atoms with Gasteiger partial charge in [0.05, 0.1) is 18.2 Å². The van der Waals surface area contributed by atoms with Gasteiger partial charge in [0, 0.05) is 18.9 Å². The molecular formula is C13H18N2O2. The quantitative estimate of drug-likeness (QED) is 0.802. The standard InChI is InChI=1S/C13H18N2O2/c1-9-5-10(16)6-12(2,3)13(9,17)11-7-14-8-15(11)4/h5,7-8,17H,6H2,1-4H3. The summed E-state index contributed by atoms with van der Waals surface area (Å²) in [6.07, 6.45) is 5.20. The third-order valence-electron chi connectivity index (χ3n) is 3.73. The Morgan fingerprint density at radius 1 is 1.47 bits per heavy atom. The smallest absolute Gasteiger partial charge is 0.156 e. The van der Waals surface area contributed by atoms with Gasteiger partial charge in [-0.2, -0.15) is 0 Å². The number of allylic oxidation sites excluding steroid dienone is 1. The van der Waals surface area contributed by atoms with Gasteiger partial charge in [0.2, 0.25) is 0 Å². The van der Waals surface area contributed by atoms with Crippen LogP contribution in [0.5, 0.6) is 0 Å². The summed E-state index contributed by atoms with van der Waals surface area (Å²) < 4.78 is 1.80. The molecule has 1 atom stereocenters. The number of aryl methyl sites for hydroxylation is 1. The number of imidazole rings is 1. The summed E-state index contributed by atoms with van der Waals surface area (Å²) >= 11 is 0. The van der Waals surface area contributed by atoms with E-state index >= 15 is 0 Å². The van der Waals surface area contributed by atoms with Crippen molar-refractivity contribution < 1.29 is 9.90 Å². The summed E-state index contributed by atoms with van der Waals surface area (Å²) in [6, 6.07) is 0. The fourth-order valence-electron chi connectivity index (χ4n) is 2.75. The van der Waals surface area contributed by atoms with Crippen molar-refractivity contribution in [2.45, 2.75) is 32.8 Å². The maximum absolute atomic E-state index is 11.6. The molecule has 0 amide bonds. The lowest BCUT2D eigenvalue weighted by Gasteiger charge is -2.45. The van der Waals surface area contributed by atoms with Crippen LogP contribution in [0, 0.1) is 5.41 Å². The van der Waals surface area contributed by atoms with Crippen LogP contribution < -0.4 is 0 Å². The van der Waals surface area contributed by atoms with Crippen molar-refractivity contribution in [2.24, 2.45) is 12.5 Å². The minimum atomic E-state index is -1.13. The molecule has 1 aromatic rings. The Morgan fingerprint density at radius 2 is 2.12 bits per heavy atom. The van der Waals surface area contributed by atoms with Crippen LogP contribution >= 0.6 is 0 Å². The Kier molecular flexibility index (Phi) is 2.51. The number of hydrogen-bond acceptors (Lipinski definition) is 3. The van der Waals surface area contributed by atoms with Crippen LogP contribution in [0.15, 0.2) is 24.2 Å². The molecular weight excluding hydrogens is 216 g/mol. The minimum Gasteiger partial charge on any atom is -0.379 e. The van der Waals surface area contributed by atoms with Crippen LogP contribution in [-0.2, 0) is 17.4 Å². The predicted octanol–water partition coefficient (Wildman–Crippen LogP) is 1.55. The first kappa shape index (κ1) is 12.0. The van der Waals surface area contributed by atoms with Crippen molar-refractivity contribution in [1.29, 1.82) is 0 Å². The van der Waals surface area contributed by atoms with Gasteiger partial charge in [-0.1, -0.05) is 13.8 Å². The predicted molar refractivity (Wildman–Crippen MR) is 64.3 cm³/mol. The van der Waals surface area contributed by atoms with E-state index in [0.717, 1.165) is 5.69 Å². The van der Waals surface area contributed by atoms with E-state index in [2.05, 4.69) is 4.98 Å². The van der Waals surface area contributed by atoms with Gasteiger partial charge in [0.25, 0.3) is 0 Å². The number of carbonyl (C=O) groups is 1. The third kappa shape index (κ3) is 1.55. The fourth-order valence-corrected chi connectivity index (χ4v) is 2.75. The lowest BCUT2D eigenvalue weighted by atomic mass is 9.63. The lowest BCUT2D eigenvalue weighted by Crippen LogP contribution is -2.48. The van der Waals surface area contributed by atoms with E-state index in [4.69, 9.17) is 0 Å². The van der Waals surface area contributed by atoms with Gasteiger partial charge in [-0.3, -0.25) is 4.79 Å². The normalized spacial score (nSPS) is 28.1. The van der Waals surface area contributed by atoms with Crippen LogP contribution in [0.25, 0.3) is 0 Å². The largest absolute Gasteiger partial charge is 0.379 e. The van der Waals surface area contributed by atoms with E-state index in [-0.39, 0.29) is 5.78 Å². The van der Waals surface area contributed by atoms with E-state index in [1.807, 2.05) is 20.9 Å². The van der Waals surface area contributed by atoms with Crippen molar-refractivity contribution in [3.63, 3.8) is 0 Å². The number of carbonyl (C=O) groups excluding carboxylic acids is 1. The number of hydrogen-bond donors (Lipinski definition) is 1. The van der Waals surface area contributed by atoms with E-state index < -0.39 is 11.0 Å². The van der Waals surface area contributed by atoms with Gasteiger partial charge in [0.15, 0.2) is 5.78 Å². The van der Waals surface area contributed by atoms with Crippen LogP contribution in [0.3, 0.4) is 0 Å². The number of rotatable bonds is 1. The van der Waals surface area contributed by atoms with Crippen LogP contribution in [-0.4, -0.2) is 20.4 Å². The molecule has 1 aliphatic carbocycles. The second-order valence-electron chi connectivity index (χ2n) is 5.45. The monoisotopic (exact) mass is 234 g/mol. The topological polar surface area (TPSA) is 55.1 Å². The van der Waals surface area contributed by atoms with Crippen molar-refractivity contribution in [3.05, 3.63) is 29.9 Å². The average molecular weight is 234 g/mol. The molecule has 1 aromatic heterocycles. The molecule has 0 fully saturated rings. The van der Waals surface area contributed by atoms with Crippen molar-refractivity contribution in [2.75, 3.05) is 0 Å². The van der Waals surface area contributed by atoms with Crippen molar-refractivity contribution in [3.8, 4) is 0 Å². The number of nitrogens with zero attached hydrogens (tertiary/aromatic N) is 2. The Labute approximate surface area is 101 Å². The van der Waals surface area contributed by atoms with Crippen LogP contribution in [0.1, 0.15) is 32.9 Å². The minimum absolute atomic E-state index is 0.0688. The summed E-state index contributed by atoms with van der Waals surface area (Å²) in [5, 5.41) is 11.0. The third-order valence-corrected chi connectivity index (χ3v) is 3.73. The highest BCUT2D eigenvalue weighted by Crippen LogP contribution is 2.49. The molecule has 0 radical (unpaired) electrons. The highest BCUT2D eigenvalue weighted by atomic mass is 16.3. The summed E-state index contributed by atoms with van der Waals surface area (Å²) in [6.45, 7) is 5.62. The second-order valence-corrected chi connectivity index (χ2v) is 5.45. The SMILES string of the molecule is CC1=CC(=O)CC(C)(C)C1(O)c1cncn1C. The summed E-state index contributed by atoms with van der Waals surface area (Å²) in [4.78, 5) is 15.7. The molecule has 0 saturated heterocycles. The van der Waals surface area contributed by atoms with Gasteiger partial charge in [-0.15, -0.1) is 0 Å². The van der Waals surface area contributed by atoms with Gasteiger partial charge in [0.1, 0.15) is 5.60 Å². The molecule has 4 heteroatoms. The first-order chi connectivity index (χ1) is 7.79. The van der Waals surface area contributed by atoms with Gasteiger partial charge in [-0.25, -0.2) is 4.98 Å². The average Bonchev–Trinajstić information content (AvgIpc) is 2.60. The zero-order valence-electron chi connectivity index (χ0n) is 10.7. The number of aliphatic hydroxyl groups is 1. The summed E-state index contributed by atoms with van der Waals surface area (Å²) in [5.74, 6) is 0.0688. The summed E-state index contributed by atoms with van der Waals surface area (Å²) in [7, 11) is 1.85. The molecule has 0 saturated carbocycles. The van der Waals surface area contributed by atoms with Crippen molar-refractivity contribution in [1.82, 2.24) is 9.55 Å². The molecule has 0 aromatic carbocycles. The second kappa shape index (κ2) is 3.53. The molecule has 4 nitrogen and oxygen atoms in total. The molecule has 1 N–H and O–H groups in total. The number of aromatic nitrogens is 2. The van der Waals surface area contributed by atoms with E-state index in [0.29, 0.717) is 12.0 Å². The highest BCUT2D eigenvalue weighted by Gasteiger charge is 2.51. The van der Waals surface area contributed by atoms with Gasteiger partial charge < -0.3 is 9.67 Å². The van der Waals surface area contributed by atoms with Gasteiger partial charge >= 0.3 is 0 Å². The van der Waals surface area contributed by atoms with Gasteiger partial charge in [-0.05, 0) is 18.6 Å². The van der Waals surface area contributed by atoms with Crippen molar-refractivity contribution >= 4 is 5.78 Å². The van der Waals surface area contributed by atoms with E-state index in [9.17, 15) is 9.90 Å². The molecule has 0 aliphatic heterocycles. The molecule has 2 rings (SSSR count). The molecule has 1 unspecified atom stereocenters. The molecule has 92 valence electrons. The van der Waals surface area contributed by atoms with Crippen LogP contribution in [0.2, 0.25) is 0 Å².